The Morgan fingerprint density at radius 3 is 2.68 bits per heavy atom. The van der Waals surface area contributed by atoms with E-state index < -0.39 is 6.10 Å². The van der Waals surface area contributed by atoms with Crippen molar-refractivity contribution in [3.63, 3.8) is 0 Å². The van der Waals surface area contributed by atoms with E-state index in [1.165, 1.54) is 0 Å². The number of anilines is 1. The lowest BCUT2D eigenvalue weighted by molar-refractivity contribution is 0.220. The summed E-state index contributed by atoms with van der Waals surface area (Å²) >= 11 is 3.40. The van der Waals surface area contributed by atoms with Crippen LogP contribution in [0, 0.1) is 6.92 Å². The van der Waals surface area contributed by atoms with E-state index in [-0.39, 0.29) is 0 Å². The Bertz CT molecular complexity index is 582. The first kappa shape index (κ1) is 13.8. The van der Waals surface area contributed by atoms with Gasteiger partial charge in [0, 0.05) is 11.8 Å². The molecule has 1 aromatic heterocycles. The number of rotatable bonds is 3. The van der Waals surface area contributed by atoms with Gasteiger partial charge in [-0.25, -0.2) is 4.98 Å². The minimum atomic E-state index is -0.809. The molecule has 0 saturated heterocycles. The van der Waals surface area contributed by atoms with E-state index in [0.29, 0.717) is 17.1 Å². The molecule has 2 aromatic rings. The molecule has 0 bridgehead atoms. The van der Waals surface area contributed by atoms with E-state index in [2.05, 4.69) is 20.9 Å². The van der Waals surface area contributed by atoms with Crippen molar-refractivity contribution in [1.29, 1.82) is 0 Å². The number of benzene rings is 1. The second-order valence-corrected chi connectivity index (χ2v) is 5.08. The van der Waals surface area contributed by atoms with E-state index in [0.717, 1.165) is 15.6 Å². The number of aliphatic hydroxyl groups excluding tert-OH is 1. The first-order chi connectivity index (χ1) is 9.04. The Labute approximate surface area is 120 Å². The van der Waals surface area contributed by atoms with Gasteiger partial charge in [-0.2, -0.15) is 0 Å². The van der Waals surface area contributed by atoms with Crippen LogP contribution in [0.1, 0.15) is 22.8 Å². The summed E-state index contributed by atoms with van der Waals surface area (Å²) in [5, 5.41) is 10.5. The van der Waals surface area contributed by atoms with E-state index in [4.69, 9.17) is 10.5 Å². The number of aliphatic hydroxyl groups is 1. The van der Waals surface area contributed by atoms with Crippen LogP contribution in [0.3, 0.4) is 0 Å². The summed E-state index contributed by atoms with van der Waals surface area (Å²) in [6.45, 7) is 1.90. The van der Waals surface area contributed by atoms with Crippen molar-refractivity contribution in [1.82, 2.24) is 4.98 Å². The Balaban J connectivity index is 2.44. The van der Waals surface area contributed by atoms with Gasteiger partial charge in [-0.15, -0.1) is 0 Å². The third kappa shape index (κ3) is 2.72. The number of nitrogens with two attached hydrogens (primary N) is 1. The lowest BCUT2D eigenvalue weighted by Gasteiger charge is -2.16. The van der Waals surface area contributed by atoms with Crippen molar-refractivity contribution in [3.05, 3.63) is 51.6 Å². The second kappa shape index (κ2) is 5.59. The van der Waals surface area contributed by atoms with Crippen molar-refractivity contribution in [2.45, 2.75) is 13.0 Å². The Morgan fingerprint density at radius 2 is 2.11 bits per heavy atom. The van der Waals surface area contributed by atoms with Gasteiger partial charge >= 0.3 is 0 Å². The average Bonchev–Trinajstić information content (AvgIpc) is 2.38. The number of nitrogen functional groups attached to an aromatic ring is 1. The molecule has 0 spiro atoms. The molecule has 100 valence electrons. The molecule has 0 amide bonds. The molecule has 1 atom stereocenters. The fourth-order valence-corrected chi connectivity index (χ4v) is 2.52. The molecular formula is C14H15BrN2O2. The highest BCUT2D eigenvalue weighted by atomic mass is 79.9. The number of hydrogen-bond acceptors (Lipinski definition) is 4. The normalized spacial score (nSPS) is 12.2. The van der Waals surface area contributed by atoms with Crippen LogP contribution < -0.4 is 10.5 Å². The van der Waals surface area contributed by atoms with Crippen molar-refractivity contribution in [3.8, 4) is 5.75 Å². The predicted octanol–water partition coefficient (Wildman–Crippen LogP) is 2.83. The third-order valence-electron chi connectivity index (χ3n) is 3.00. The summed E-state index contributed by atoms with van der Waals surface area (Å²) in [7, 11) is 1.60. The molecule has 3 N–H and O–H groups in total. The van der Waals surface area contributed by atoms with Gasteiger partial charge in [0.25, 0.3) is 0 Å². The van der Waals surface area contributed by atoms with Gasteiger partial charge in [-0.1, -0.05) is 6.07 Å². The molecule has 1 heterocycles. The maximum atomic E-state index is 10.5. The zero-order valence-electron chi connectivity index (χ0n) is 10.7. The molecule has 5 heteroatoms. The standard InChI is InChI=1S/C14H15BrN2O2/c1-8-5-6-17-14(16)12(8)13(18)9-3-4-11(19-2)10(15)7-9/h3-7,13,18H,1-2H3,(H2,16,17). The van der Waals surface area contributed by atoms with E-state index in [1.807, 2.05) is 19.1 Å². The molecule has 2 rings (SSSR count). The molecule has 0 saturated carbocycles. The molecule has 1 unspecified atom stereocenters. The number of ether oxygens (including phenoxy) is 1. The summed E-state index contributed by atoms with van der Waals surface area (Å²) in [6.07, 6.45) is 0.820. The second-order valence-electron chi connectivity index (χ2n) is 4.22. The summed E-state index contributed by atoms with van der Waals surface area (Å²) in [4.78, 5) is 4.02. The molecule has 0 aliphatic heterocycles. The van der Waals surface area contributed by atoms with Gasteiger partial charge in [0.1, 0.15) is 17.7 Å². The Morgan fingerprint density at radius 1 is 1.37 bits per heavy atom. The van der Waals surface area contributed by atoms with E-state index >= 15 is 0 Å². The van der Waals surface area contributed by atoms with Crippen LogP contribution >= 0.6 is 15.9 Å². The molecule has 0 aliphatic carbocycles. The van der Waals surface area contributed by atoms with Gasteiger partial charge in [0.2, 0.25) is 0 Å². The lowest BCUT2D eigenvalue weighted by atomic mass is 9.98. The van der Waals surface area contributed by atoms with Gasteiger partial charge < -0.3 is 15.6 Å². The molecule has 0 fully saturated rings. The minimum absolute atomic E-state index is 0.347. The first-order valence-electron chi connectivity index (χ1n) is 5.77. The summed E-state index contributed by atoms with van der Waals surface area (Å²) in [5.41, 5.74) is 8.13. The van der Waals surface area contributed by atoms with Gasteiger partial charge in [-0.3, -0.25) is 0 Å². The van der Waals surface area contributed by atoms with Gasteiger partial charge in [-0.05, 0) is 52.2 Å². The van der Waals surface area contributed by atoms with E-state index in [9.17, 15) is 5.11 Å². The van der Waals surface area contributed by atoms with Gasteiger partial charge in [0.05, 0.1) is 11.6 Å². The Kier molecular flexibility index (Phi) is 4.07. The third-order valence-corrected chi connectivity index (χ3v) is 3.62. The Hall–Kier alpha value is -1.59. The minimum Gasteiger partial charge on any atom is -0.496 e. The number of methoxy groups -OCH3 is 1. The van der Waals surface area contributed by atoms with Crippen molar-refractivity contribution in [2.75, 3.05) is 12.8 Å². The fraction of sp³-hybridized carbons (Fsp3) is 0.214. The highest BCUT2D eigenvalue weighted by Gasteiger charge is 2.17. The number of aromatic nitrogens is 1. The topological polar surface area (TPSA) is 68.4 Å². The van der Waals surface area contributed by atoms with E-state index in [1.54, 1.807) is 25.4 Å². The monoisotopic (exact) mass is 322 g/mol. The quantitative estimate of drug-likeness (QED) is 0.911. The number of aryl methyl sites for hydroxylation is 1. The highest BCUT2D eigenvalue weighted by Crippen LogP contribution is 2.33. The van der Waals surface area contributed by atoms with Crippen LogP contribution in [0.2, 0.25) is 0 Å². The van der Waals surface area contributed by atoms with Crippen LogP contribution in [0.5, 0.6) is 5.75 Å². The lowest BCUT2D eigenvalue weighted by Crippen LogP contribution is -2.07. The number of hydrogen-bond donors (Lipinski definition) is 2. The molecule has 1 aromatic carbocycles. The molecule has 4 nitrogen and oxygen atoms in total. The molecule has 19 heavy (non-hydrogen) atoms. The van der Waals surface area contributed by atoms with Crippen molar-refractivity contribution < 1.29 is 9.84 Å². The van der Waals surface area contributed by atoms with Crippen LogP contribution in [0.4, 0.5) is 5.82 Å². The van der Waals surface area contributed by atoms with Crippen LogP contribution in [-0.2, 0) is 0 Å². The van der Waals surface area contributed by atoms with Crippen molar-refractivity contribution >= 4 is 21.7 Å². The summed E-state index contributed by atoms with van der Waals surface area (Å²) < 4.78 is 5.95. The highest BCUT2D eigenvalue weighted by molar-refractivity contribution is 9.10. The zero-order chi connectivity index (χ0) is 14.0. The van der Waals surface area contributed by atoms with Crippen LogP contribution in [-0.4, -0.2) is 17.2 Å². The maximum Gasteiger partial charge on any atom is 0.133 e. The molecule has 0 radical (unpaired) electrons. The smallest absolute Gasteiger partial charge is 0.133 e. The number of halogens is 1. The van der Waals surface area contributed by atoms with Crippen LogP contribution in [0.15, 0.2) is 34.9 Å². The molecular weight excluding hydrogens is 308 g/mol. The number of nitrogens with zero attached hydrogens (tertiary/aromatic N) is 1. The first-order valence-corrected chi connectivity index (χ1v) is 6.56. The number of pyridine rings is 1. The van der Waals surface area contributed by atoms with Crippen molar-refractivity contribution in [2.24, 2.45) is 0 Å². The van der Waals surface area contributed by atoms with Gasteiger partial charge in [0.15, 0.2) is 0 Å². The SMILES string of the molecule is COc1ccc(C(O)c2c(C)ccnc2N)cc1Br. The summed E-state index contributed by atoms with van der Waals surface area (Å²) in [5.74, 6) is 1.06. The predicted molar refractivity (Wildman–Crippen MR) is 78.1 cm³/mol. The van der Waals surface area contributed by atoms with Crippen LogP contribution in [0.25, 0.3) is 0 Å². The zero-order valence-corrected chi connectivity index (χ0v) is 12.3. The molecule has 0 aliphatic rings. The summed E-state index contributed by atoms with van der Waals surface area (Å²) in [6, 6.07) is 7.24. The maximum absolute atomic E-state index is 10.5. The average molecular weight is 323 g/mol. The largest absolute Gasteiger partial charge is 0.496 e. The fourth-order valence-electron chi connectivity index (χ4n) is 1.97.